The molecule has 9 heteroatoms. The lowest BCUT2D eigenvalue weighted by molar-refractivity contribution is 0.122. The monoisotopic (exact) mass is 462 g/mol. The highest BCUT2D eigenvalue weighted by Gasteiger charge is 2.21. The third-order valence-electron chi connectivity index (χ3n) is 5.64. The first kappa shape index (κ1) is 21.5. The quantitative estimate of drug-likeness (QED) is 0.462. The van der Waals surface area contributed by atoms with Gasteiger partial charge in [-0.3, -0.25) is 0 Å². The van der Waals surface area contributed by atoms with Gasteiger partial charge < -0.3 is 19.6 Å². The fourth-order valence-electron chi connectivity index (χ4n) is 3.84. The van der Waals surface area contributed by atoms with Crippen molar-refractivity contribution in [3.8, 4) is 17.1 Å². The zero-order chi connectivity index (χ0) is 22.8. The minimum Gasteiger partial charge on any atom is -0.508 e. The first-order chi connectivity index (χ1) is 16.1. The Labute approximate surface area is 196 Å². The molecule has 1 aliphatic rings. The van der Waals surface area contributed by atoms with Crippen LogP contribution in [-0.2, 0) is 17.7 Å². The fourth-order valence-corrected chi connectivity index (χ4v) is 5.01. The van der Waals surface area contributed by atoms with Gasteiger partial charge in [0.25, 0.3) is 0 Å². The van der Waals surface area contributed by atoms with E-state index >= 15 is 0 Å². The van der Waals surface area contributed by atoms with Crippen LogP contribution in [0.2, 0.25) is 0 Å². The first-order valence-corrected chi connectivity index (χ1v) is 11.9. The molecule has 1 N–H and O–H groups in total. The van der Waals surface area contributed by atoms with E-state index in [0.29, 0.717) is 25.6 Å². The lowest BCUT2D eigenvalue weighted by Crippen LogP contribution is -2.36. The highest BCUT2D eigenvalue weighted by atomic mass is 32.1. The number of morpholine rings is 1. The van der Waals surface area contributed by atoms with E-state index < -0.39 is 0 Å². The number of nitrogens with zero attached hydrogens (tertiary/aromatic N) is 6. The van der Waals surface area contributed by atoms with E-state index in [9.17, 15) is 5.11 Å². The molecule has 0 amide bonds. The van der Waals surface area contributed by atoms with Gasteiger partial charge in [-0.05, 0) is 42.8 Å². The van der Waals surface area contributed by atoms with E-state index in [1.165, 1.54) is 4.88 Å². The lowest BCUT2D eigenvalue weighted by Gasteiger charge is -2.28. The van der Waals surface area contributed by atoms with Gasteiger partial charge in [-0.25, -0.2) is 19.9 Å². The smallest absolute Gasteiger partial charge is 0.225 e. The molecule has 8 nitrogen and oxygen atoms in total. The number of thiophene rings is 1. The number of phenolic OH excluding ortho intramolecular Hbond substituents is 1. The molecule has 4 aromatic rings. The van der Waals surface area contributed by atoms with Crippen LogP contribution < -0.4 is 9.80 Å². The van der Waals surface area contributed by atoms with Crippen LogP contribution >= 0.6 is 11.3 Å². The summed E-state index contributed by atoms with van der Waals surface area (Å²) in [6.45, 7) is 5.75. The summed E-state index contributed by atoms with van der Waals surface area (Å²) in [5.41, 5.74) is 2.83. The van der Waals surface area contributed by atoms with Gasteiger partial charge in [0.1, 0.15) is 5.75 Å². The predicted molar refractivity (Wildman–Crippen MR) is 131 cm³/mol. The molecular formula is C24H26N6O2S. The molecule has 3 aromatic heterocycles. The number of anilines is 2. The van der Waals surface area contributed by atoms with E-state index in [2.05, 4.69) is 32.8 Å². The Bertz CT molecular complexity index is 1250. The van der Waals surface area contributed by atoms with Gasteiger partial charge in [0.15, 0.2) is 11.6 Å². The Morgan fingerprint density at radius 2 is 1.88 bits per heavy atom. The summed E-state index contributed by atoms with van der Waals surface area (Å²) >= 11 is 1.71. The summed E-state index contributed by atoms with van der Waals surface area (Å²) in [5.74, 6) is 2.54. The molecule has 1 saturated heterocycles. The maximum Gasteiger partial charge on any atom is 0.225 e. The maximum absolute atomic E-state index is 9.67. The summed E-state index contributed by atoms with van der Waals surface area (Å²) in [7, 11) is 2.01. The molecule has 170 valence electrons. The van der Waals surface area contributed by atoms with Crippen molar-refractivity contribution in [2.75, 3.05) is 43.2 Å². The zero-order valence-electron chi connectivity index (χ0n) is 18.7. The van der Waals surface area contributed by atoms with Crippen LogP contribution in [0, 0.1) is 0 Å². The molecular weight excluding hydrogens is 436 g/mol. The SMILES string of the molecule is CCc1ccnc(N(C)Cc2cc3nc(-c4ccc(O)cc4)nc(N4CCOCC4)c3s2)n1. The van der Waals surface area contributed by atoms with Crippen LogP contribution in [0.5, 0.6) is 5.75 Å². The molecule has 1 aliphatic heterocycles. The number of hydrogen-bond donors (Lipinski definition) is 1. The number of ether oxygens (including phenoxy) is 1. The van der Waals surface area contributed by atoms with E-state index in [1.807, 2.05) is 31.4 Å². The topological polar surface area (TPSA) is 87.5 Å². The standard InChI is InChI=1S/C24H26N6O2S/c1-3-17-8-9-25-24(26-17)29(2)15-19-14-20-21(33-19)23(30-10-12-32-13-11-30)28-22(27-20)16-4-6-18(31)7-5-16/h4-9,14,31H,3,10-13,15H2,1-2H3. The molecule has 0 aliphatic carbocycles. The lowest BCUT2D eigenvalue weighted by atomic mass is 10.2. The fraction of sp³-hybridized carbons (Fsp3) is 0.333. The molecule has 1 aromatic carbocycles. The third kappa shape index (κ3) is 4.60. The van der Waals surface area contributed by atoms with Crippen LogP contribution in [0.15, 0.2) is 42.6 Å². The second kappa shape index (κ2) is 9.29. The first-order valence-electron chi connectivity index (χ1n) is 11.1. The molecule has 33 heavy (non-hydrogen) atoms. The van der Waals surface area contributed by atoms with E-state index in [0.717, 1.165) is 52.8 Å². The van der Waals surface area contributed by atoms with Crippen LogP contribution in [0.3, 0.4) is 0 Å². The van der Waals surface area contributed by atoms with Gasteiger partial charge in [-0.1, -0.05) is 6.92 Å². The molecule has 0 spiro atoms. The van der Waals surface area contributed by atoms with Crippen molar-refractivity contribution < 1.29 is 9.84 Å². The molecule has 5 rings (SSSR count). The van der Waals surface area contributed by atoms with Crippen molar-refractivity contribution in [1.29, 1.82) is 0 Å². The maximum atomic E-state index is 9.67. The molecule has 0 saturated carbocycles. The number of rotatable bonds is 6. The van der Waals surface area contributed by atoms with E-state index in [1.54, 1.807) is 23.5 Å². The Morgan fingerprint density at radius 3 is 2.64 bits per heavy atom. The van der Waals surface area contributed by atoms with Crippen molar-refractivity contribution in [3.63, 3.8) is 0 Å². The highest BCUT2D eigenvalue weighted by molar-refractivity contribution is 7.19. The molecule has 0 radical (unpaired) electrons. The van der Waals surface area contributed by atoms with Crippen molar-refractivity contribution in [3.05, 3.63) is 53.2 Å². The highest BCUT2D eigenvalue weighted by Crippen LogP contribution is 2.35. The Balaban J connectivity index is 1.52. The van der Waals surface area contributed by atoms with Crippen molar-refractivity contribution in [1.82, 2.24) is 19.9 Å². The molecule has 0 unspecified atom stereocenters. The number of aromatic hydroxyl groups is 1. The largest absolute Gasteiger partial charge is 0.508 e. The van der Waals surface area contributed by atoms with Gasteiger partial charge in [-0.2, -0.15) is 0 Å². The average Bonchev–Trinajstić information content (AvgIpc) is 3.26. The van der Waals surface area contributed by atoms with Crippen molar-refractivity contribution in [2.45, 2.75) is 19.9 Å². The number of hydrogen-bond acceptors (Lipinski definition) is 9. The van der Waals surface area contributed by atoms with Gasteiger partial charge in [-0.15, -0.1) is 11.3 Å². The minimum atomic E-state index is 0.225. The van der Waals surface area contributed by atoms with Crippen LogP contribution in [0.4, 0.5) is 11.8 Å². The number of fused-ring (bicyclic) bond motifs is 1. The van der Waals surface area contributed by atoms with Crippen molar-refractivity contribution in [2.24, 2.45) is 0 Å². The number of benzene rings is 1. The van der Waals surface area contributed by atoms with Gasteiger partial charge in [0.05, 0.1) is 30.0 Å². The number of phenols is 1. The van der Waals surface area contributed by atoms with E-state index in [-0.39, 0.29) is 5.75 Å². The zero-order valence-corrected chi connectivity index (χ0v) is 19.5. The summed E-state index contributed by atoms with van der Waals surface area (Å²) in [4.78, 5) is 24.4. The Morgan fingerprint density at radius 1 is 1.09 bits per heavy atom. The Hall–Kier alpha value is -3.30. The molecule has 0 atom stereocenters. The number of aromatic nitrogens is 4. The van der Waals surface area contributed by atoms with Crippen molar-refractivity contribution >= 4 is 33.3 Å². The Kier molecular flexibility index (Phi) is 6.06. The van der Waals surface area contributed by atoms with E-state index in [4.69, 9.17) is 14.7 Å². The van der Waals surface area contributed by atoms with Gasteiger partial charge in [0, 0.05) is 42.5 Å². The number of aryl methyl sites for hydroxylation is 1. The summed E-state index contributed by atoms with van der Waals surface area (Å²) in [6, 6.07) is 11.1. The van der Waals surface area contributed by atoms with Crippen LogP contribution in [0.25, 0.3) is 21.6 Å². The summed E-state index contributed by atoms with van der Waals surface area (Å²) in [6.07, 6.45) is 2.69. The van der Waals surface area contributed by atoms with Gasteiger partial charge >= 0.3 is 0 Å². The normalized spacial score (nSPS) is 14.1. The molecule has 1 fully saturated rings. The van der Waals surface area contributed by atoms with Gasteiger partial charge in [0.2, 0.25) is 5.95 Å². The predicted octanol–water partition coefficient (Wildman–Crippen LogP) is 3.89. The van der Waals surface area contributed by atoms with Crippen LogP contribution in [-0.4, -0.2) is 58.4 Å². The third-order valence-corrected chi connectivity index (χ3v) is 6.74. The summed E-state index contributed by atoms with van der Waals surface area (Å²) < 4.78 is 6.63. The summed E-state index contributed by atoms with van der Waals surface area (Å²) in [5, 5.41) is 9.67. The van der Waals surface area contributed by atoms with Crippen LogP contribution in [0.1, 0.15) is 17.5 Å². The average molecular weight is 463 g/mol. The minimum absolute atomic E-state index is 0.225. The second-order valence-corrected chi connectivity index (χ2v) is 9.14. The molecule has 0 bridgehead atoms. The molecule has 4 heterocycles. The second-order valence-electron chi connectivity index (χ2n) is 8.00.